The van der Waals surface area contributed by atoms with E-state index in [-0.39, 0.29) is 11.9 Å². The van der Waals surface area contributed by atoms with Gasteiger partial charge in [-0.2, -0.15) is 5.10 Å². The molecule has 0 amide bonds. The Hall–Kier alpha value is -1.68. The molecule has 1 aromatic carbocycles. The number of likely N-dealkylation sites (N-methyl/N-ethyl adjacent to an activating group) is 1. The van der Waals surface area contributed by atoms with Gasteiger partial charge in [0.05, 0.1) is 18.3 Å². The molecule has 0 radical (unpaired) electrons. The van der Waals surface area contributed by atoms with E-state index in [9.17, 15) is 4.39 Å². The first-order chi connectivity index (χ1) is 8.61. The molecule has 0 fully saturated rings. The molecule has 4 heteroatoms. The molecule has 1 heterocycles. The van der Waals surface area contributed by atoms with Crippen molar-refractivity contribution in [2.24, 2.45) is 0 Å². The second-order valence-electron chi connectivity index (χ2n) is 4.47. The Morgan fingerprint density at radius 2 is 2.06 bits per heavy atom. The molecule has 0 saturated carbocycles. The Morgan fingerprint density at radius 1 is 1.33 bits per heavy atom. The second-order valence-corrected chi connectivity index (χ2v) is 4.47. The Bertz CT molecular complexity index is 534. The fourth-order valence-electron chi connectivity index (χ4n) is 2.14. The minimum Gasteiger partial charge on any atom is -0.311 e. The highest BCUT2D eigenvalue weighted by molar-refractivity contribution is 5.21. The average Bonchev–Trinajstić information content (AvgIpc) is 2.66. The van der Waals surface area contributed by atoms with Crippen molar-refractivity contribution < 1.29 is 4.39 Å². The fourth-order valence-corrected chi connectivity index (χ4v) is 2.14. The van der Waals surface area contributed by atoms with Gasteiger partial charge in [0.25, 0.3) is 0 Å². The molecule has 1 aromatic heterocycles. The summed E-state index contributed by atoms with van der Waals surface area (Å²) in [6, 6.07) is 8.79. The highest BCUT2D eigenvalue weighted by Gasteiger charge is 2.15. The third kappa shape index (κ3) is 2.59. The van der Waals surface area contributed by atoms with Crippen molar-refractivity contribution in [1.29, 1.82) is 0 Å². The van der Waals surface area contributed by atoms with Crippen LogP contribution in [-0.2, 0) is 6.54 Å². The van der Waals surface area contributed by atoms with Crippen molar-refractivity contribution in [3.05, 3.63) is 53.1 Å². The van der Waals surface area contributed by atoms with Gasteiger partial charge in [-0.25, -0.2) is 4.39 Å². The van der Waals surface area contributed by atoms with Gasteiger partial charge in [0.15, 0.2) is 0 Å². The summed E-state index contributed by atoms with van der Waals surface area (Å²) in [5.41, 5.74) is 2.74. The van der Waals surface area contributed by atoms with Gasteiger partial charge in [0.2, 0.25) is 0 Å². The van der Waals surface area contributed by atoms with E-state index in [1.165, 1.54) is 6.07 Å². The molecule has 2 aromatic rings. The van der Waals surface area contributed by atoms with Crippen molar-refractivity contribution in [2.45, 2.75) is 26.4 Å². The number of rotatable bonds is 4. The van der Waals surface area contributed by atoms with E-state index in [0.29, 0.717) is 12.1 Å². The second kappa shape index (κ2) is 5.31. The first-order valence-electron chi connectivity index (χ1n) is 6.04. The average molecular weight is 247 g/mol. The lowest BCUT2D eigenvalue weighted by Gasteiger charge is -2.18. The van der Waals surface area contributed by atoms with Crippen LogP contribution in [0.4, 0.5) is 4.39 Å². The Labute approximate surface area is 107 Å². The first-order valence-corrected chi connectivity index (χ1v) is 6.04. The summed E-state index contributed by atoms with van der Waals surface area (Å²) < 4.78 is 15.7. The summed E-state index contributed by atoms with van der Waals surface area (Å²) in [6.45, 7) is 4.59. The summed E-state index contributed by atoms with van der Waals surface area (Å²) in [6.07, 6.45) is 0. The summed E-state index contributed by atoms with van der Waals surface area (Å²) in [4.78, 5) is 0. The number of halogens is 1. The number of hydrogen-bond donors (Lipinski definition) is 1. The van der Waals surface area contributed by atoms with Gasteiger partial charge >= 0.3 is 0 Å². The van der Waals surface area contributed by atoms with Crippen LogP contribution in [0, 0.1) is 19.7 Å². The van der Waals surface area contributed by atoms with E-state index in [0.717, 1.165) is 11.4 Å². The van der Waals surface area contributed by atoms with E-state index >= 15 is 0 Å². The molecule has 0 spiro atoms. The Balaban J connectivity index is 2.25. The molecule has 1 unspecified atom stereocenters. The zero-order valence-electron chi connectivity index (χ0n) is 10.9. The van der Waals surface area contributed by atoms with Gasteiger partial charge in [-0.15, -0.1) is 0 Å². The quantitative estimate of drug-likeness (QED) is 0.900. The molecule has 0 aliphatic heterocycles. The molecular weight excluding hydrogens is 229 g/mol. The highest BCUT2D eigenvalue weighted by atomic mass is 19.1. The number of aromatic nitrogens is 2. The molecule has 96 valence electrons. The molecule has 1 N–H and O–H groups in total. The van der Waals surface area contributed by atoms with Crippen molar-refractivity contribution in [3.63, 3.8) is 0 Å². The minimum atomic E-state index is -0.182. The maximum atomic E-state index is 13.8. The first kappa shape index (κ1) is 12.8. The third-order valence-corrected chi connectivity index (χ3v) is 3.09. The lowest BCUT2D eigenvalue weighted by atomic mass is 10.1. The molecule has 1 atom stereocenters. The van der Waals surface area contributed by atoms with E-state index in [4.69, 9.17) is 0 Å². The molecule has 0 aliphatic rings. The maximum absolute atomic E-state index is 13.8. The summed E-state index contributed by atoms with van der Waals surface area (Å²) in [7, 11) is 1.84. The monoisotopic (exact) mass is 247 g/mol. The highest BCUT2D eigenvalue weighted by Crippen LogP contribution is 2.19. The van der Waals surface area contributed by atoms with Gasteiger partial charge in [0.1, 0.15) is 5.82 Å². The number of benzene rings is 1. The maximum Gasteiger partial charge on any atom is 0.128 e. The molecular formula is C14H18FN3. The Morgan fingerprint density at radius 3 is 2.61 bits per heavy atom. The summed E-state index contributed by atoms with van der Waals surface area (Å²) in [5.74, 6) is -0.182. The minimum absolute atomic E-state index is 0.0794. The standard InChI is InChI=1S/C14H18FN3/c1-10-8-11(2)18(17-10)9-14(16-3)12-6-4-5-7-13(12)15/h4-8,14,16H,9H2,1-3H3. The zero-order chi connectivity index (χ0) is 13.1. The molecule has 18 heavy (non-hydrogen) atoms. The van der Waals surface area contributed by atoms with Crippen LogP contribution in [0.2, 0.25) is 0 Å². The predicted molar refractivity (Wildman–Crippen MR) is 69.9 cm³/mol. The van der Waals surface area contributed by atoms with Crippen LogP contribution in [0.5, 0.6) is 0 Å². The van der Waals surface area contributed by atoms with Crippen molar-refractivity contribution in [1.82, 2.24) is 15.1 Å². The van der Waals surface area contributed by atoms with Crippen LogP contribution in [0.1, 0.15) is 23.0 Å². The fraction of sp³-hybridized carbons (Fsp3) is 0.357. The molecule has 2 rings (SSSR count). The number of nitrogens with zero attached hydrogens (tertiary/aromatic N) is 2. The number of nitrogens with one attached hydrogen (secondary N) is 1. The zero-order valence-corrected chi connectivity index (χ0v) is 10.9. The van der Waals surface area contributed by atoms with Gasteiger partial charge < -0.3 is 5.32 Å². The van der Waals surface area contributed by atoms with Crippen molar-refractivity contribution in [2.75, 3.05) is 7.05 Å². The van der Waals surface area contributed by atoms with Crippen molar-refractivity contribution >= 4 is 0 Å². The molecule has 3 nitrogen and oxygen atoms in total. The van der Waals surface area contributed by atoms with Crippen LogP contribution in [0.25, 0.3) is 0 Å². The van der Waals surface area contributed by atoms with Crippen LogP contribution in [-0.4, -0.2) is 16.8 Å². The molecule has 0 aliphatic carbocycles. The van der Waals surface area contributed by atoms with Crippen LogP contribution >= 0.6 is 0 Å². The topological polar surface area (TPSA) is 29.9 Å². The van der Waals surface area contributed by atoms with Gasteiger partial charge in [-0.3, -0.25) is 4.68 Å². The summed E-state index contributed by atoms with van der Waals surface area (Å²) in [5, 5.41) is 7.55. The SMILES string of the molecule is CNC(Cn1nc(C)cc1C)c1ccccc1F. The number of aryl methyl sites for hydroxylation is 2. The number of hydrogen-bond acceptors (Lipinski definition) is 2. The summed E-state index contributed by atoms with van der Waals surface area (Å²) >= 11 is 0. The molecule has 0 bridgehead atoms. The normalized spacial score (nSPS) is 12.7. The third-order valence-electron chi connectivity index (χ3n) is 3.09. The van der Waals surface area contributed by atoms with Crippen LogP contribution in [0.15, 0.2) is 30.3 Å². The van der Waals surface area contributed by atoms with Crippen LogP contribution < -0.4 is 5.32 Å². The smallest absolute Gasteiger partial charge is 0.128 e. The van der Waals surface area contributed by atoms with Gasteiger partial charge in [0, 0.05) is 11.3 Å². The van der Waals surface area contributed by atoms with E-state index in [1.54, 1.807) is 6.07 Å². The van der Waals surface area contributed by atoms with E-state index in [1.807, 2.05) is 43.8 Å². The van der Waals surface area contributed by atoms with Crippen molar-refractivity contribution in [3.8, 4) is 0 Å². The lowest BCUT2D eigenvalue weighted by molar-refractivity contribution is 0.442. The lowest BCUT2D eigenvalue weighted by Crippen LogP contribution is -2.24. The predicted octanol–water partition coefficient (Wildman–Crippen LogP) is 2.60. The largest absolute Gasteiger partial charge is 0.311 e. The van der Waals surface area contributed by atoms with Crippen LogP contribution in [0.3, 0.4) is 0 Å². The van der Waals surface area contributed by atoms with E-state index in [2.05, 4.69) is 10.4 Å². The molecule has 0 saturated heterocycles. The van der Waals surface area contributed by atoms with Gasteiger partial charge in [-0.05, 0) is 33.0 Å². The van der Waals surface area contributed by atoms with Gasteiger partial charge in [-0.1, -0.05) is 18.2 Å². The van der Waals surface area contributed by atoms with E-state index < -0.39 is 0 Å². The Kier molecular flexibility index (Phi) is 3.77.